The molecule has 9 heteroatoms. The minimum Gasteiger partial charge on any atom is -0.547 e. The summed E-state index contributed by atoms with van der Waals surface area (Å²) in [5, 5.41) is 43.5. The van der Waals surface area contributed by atoms with Crippen molar-refractivity contribution in [3.05, 3.63) is 55.1 Å². The van der Waals surface area contributed by atoms with E-state index in [1.165, 1.54) is 6.08 Å². The molecule has 1 aliphatic heterocycles. The third-order valence-electron chi connectivity index (χ3n) is 5.42. The Morgan fingerprint density at radius 2 is 1.87 bits per heavy atom. The Hall–Kier alpha value is -3.56. The standard InChI is InChI=1S/C21H20N2O7/c1-2-16-22-10-11-23(16,15-9-5-7-13-6-3-4-8-14(13)15)18(19(26)27)21(30,20(28)29)12-17(24)25/h2-9,18,30H,1,10-12H2,(H2-,24,25,26,27,28,29). The number of fused-ring (bicyclic) bond motifs is 1. The lowest BCUT2D eigenvalue weighted by molar-refractivity contribution is -0.327. The van der Waals surface area contributed by atoms with Crippen LogP contribution in [0.1, 0.15) is 6.42 Å². The third-order valence-corrected chi connectivity index (χ3v) is 5.42. The van der Waals surface area contributed by atoms with E-state index in [0.29, 0.717) is 11.1 Å². The second-order valence-corrected chi connectivity index (χ2v) is 7.06. The van der Waals surface area contributed by atoms with Crippen LogP contribution in [0.15, 0.2) is 60.1 Å². The maximum atomic E-state index is 12.4. The smallest absolute Gasteiger partial charge is 0.367 e. The molecule has 3 unspecified atom stereocenters. The van der Waals surface area contributed by atoms with Gasteiger partial charge in [-0.15, -0.1) is 0 Å². The number of benzene rings is 2. The average molecular weight is 412 g/mol. The van der Waals surface area contributed by atoms with Crippen LogP contribution >= 0.6 is 0 Å². The van der Waals surface area contributed by atoms with Crippen LogP contribution < -0.4 is 9.59 Å². The molecule has 3 N–H and O–H groups in total. The first-order valence-corrected chi connectivity index (χ1v) is 9.10. The van der Waals surface area contributed by atoms with Gasteiger partial charge in [-0.2, -0.15) is 0 Å². The van der Waals surface area contributed by atoms with Gasteiger partial charge in [0.25, 0.3) is 0 Å². The topological polar surface area (TPSA) is 147 Å². The minimum atomic E-state index is -3.22. The van der Waals surface area contributed by atoms with E-state index >= 15 is 0 Å². The van der Waals surface area contributed by atoms with Gasteiger partial charge < -0.3 is 25.2 Å². The fourth-order valence-electron chi connectivity index (χ4n) is 4.26. The lowest BCUT2D eigenvalue weighted by Gasteiger charge is -2.45. The first-order chi connectivity index (χ1) is 14.2. The molecule has 0 amide bonds. The highest BCUT2D eigenvalue weighted by Gasteiger charge is 2.61. The van der Waals surface area contributed by atoms with E-state index in [1.54, 1.807) is 42.5 Å². The predicted octanol–water partition coefficient (Wildman–Crippen LogP) is 0.154. The first-order valence-electron chi connectivity index (χ1n) is 9.10. The van der Waals surface area contributed by atoms with E-state index in [0.717, 1.165) is 5.39 Å². The largest absolute Gasteiger partial charge is 0.547 e. The Labute approximate surface area is 171 Å². The van der Waals surface area contributed by atoms with Gasteiger partial charge in [-0.3, -0.25) is 4.79 Å². The second-order valence-electron chi connectivity index (χ2n) is 7.06. The second kappa shape index (κ2) is 7.69. The van der Waals surface area contributed by atoms with E-state index < -0.39 is 40.5 Å². The molecule has 0 aromatic heterocycles. The molecule has 1 heterocycles. The van der Waals surface area contributed by atoms with Crippen LogP contribution in [0.3, 0.4) is 0 Å². The van der Waals surface area contributed by atoms with Gasteiger partial charge in [-0.05, 0) is 11.5 Å². The predicted molar refractivity (Wildman–Crippen MR) is 107 cm³/mol. The number of carboxylic acid groups (broad SMARTS) is 3. The summed E-state index contributed by atoms with van der Waals surface area (Å²) in [5.74, 6) is -5.46. The van der Waals surface area contributed by atoms with Crippen LogP contribution in [0.4, 0.5) is 5.69 Å². The summed E-state index contributed by atoms with van der Waals surface area (Å²) in [6.45, 7) is 3.79. The fraction of sp³-hybridized carbons (Fsp3) is 0.238. The number of quaternary nitrogens is 1. The van der Waals surface area contributed by atoms with Crippen LogP contribution in [0.2, 0.25) is 0 Å². The molecule has 0 aliphatic carbocycles. The summed E-state index contributed by atoms with van der Waals surface area (Å²) >= 11 is 0. The minimum absolute atomic E-state index is 0.0124. The molecule has 0 radical (unpaired) electrons. The molecule has 2 aromatic rings. The molecule has 156 valence electrons. The molecule has 0 spiro atoms. The van der Waals surface area contributed by atoms with E-state index in [2.05, 4.69) is 11.6 Å². The summed E-state index contributed by atoms with van der Waals surface area (Å²) in [5.41, 5.74) is -2.86. The SMILES string of the molecule is C=CC1=NCC[N+]1(c1cccc2ccccc12)C(C(=O)O)C(O)(CC(=O)O)C(=O)[O-]. The molecule has 1 aliphatic rings. The number of aliphatic imine (C=N–C) groups is 1. The van der Waals surface area contributed by atoms with Crippen molar-refractivity contribution in [3.8, 4) is 0 Å². The summed E-state index contributed by atoms with van der Waals surface area (Å²) in [7, 11) is 0. The molecule has 2 aromatic carbocycles. The Morgan fingerprint density at radius 1 is 1.20 bits per heavy atom. The number of hydrogen-bond acceptors (Lipinski definition) is 6. The Kier molecular flexibility index (Phi) is 5.43. The molecule has 9 nitrogen and oxygen atoms in total. The first kappa shape index (κ1) is 21.2. The Balaban J connectivity index is 2.42. The zero-order valence-electron chi connectivity index (χ0n) is 15.9. The quantitative estimate of drug-likeness (QED) is 0.523. The van der Waals surface area contributed by atoms with Crippen LogP contribution in [-0.2, 0) is 14.4 Å². The normalized spacial score (nSPS) is 21.4. The number of carbonyl (C=O) groups is 3. The highest BCUT2D eigenvalue weighted by molar-refractivity contribution is 6.11. The van der Waals surface area contributed by atoms with Gasteiger partial charge in [0.05, 0.1) is 18.9 Å². The van der Waals surface area contributed by atoms with Crippen LogP contribution in [0.5, 0.6) is 0 Å². The summed E-state index contributed by atoms with van der Waals surface area (Å²) in [6.07, 6.45) is -0.0668. The summed E-state index contributed by atoms with van der Waals surface area (Å²) in [4.78, 5) is 40.0. The number of carbonyl (C=O) groups excluding carboxylic acids is 1. The summed E-state index contributed by atoms with van der Waals surface area (Å²) < 4.78 is -0.710. The number of rotatable bonds is 8. The molecule has 0 saturated carbocycles. The van der Waals surface area contributed by atoms with E-state index in [4.69, 9.17) is 0 Å². The van der Waals surface area contributed by atoms with Gasteiger partial charge in [0.1, 0.15) is 12.2 Å². The van der Waals surface area contributed by atoms with Gasteiger partial charge in [-0.25, -0.2) is 14.3 Å². The third kappa shape index (κ3) is 3.14. The number of amidine groups is 1. The molecular weight excluding hydrogens is 392 g/mol. The maximum absolute atomic E-state index is 12.4. The molecule has 3 rings (SSSR count). The van der Waals surface area contributed by atoms with Crippen molar-refractivity contribution < 1.29 is 34.8 Å². The van der Waals surface area contributed by atoms with Crippen LogP contribution in [0, 0.1) is 0 Å². The lowest BCUT2D eigenvalue weighted by Crippen LogP contribution is -2.74. The van der Waals surface area contributed by atoms with Crippen molar-refractivity contribution in [2.24, 2.45) is 4.99 Å². The average Bonchev–Trinajstić information content (AvgIpc) is 3.10. The van der Waals surface area contributed by atoms with E-state index in [-0.39, 0.29) is 18.9 Å². The zero-order chi connectivity index (χ0) is 22.1. The van der Waals surface area contributed by atoms with Crippen molar-refractivity contribution in [2.45, 2.75) is 18.1 Å². The van der Waals surface area contributed by atoms with Crippen molar-refractivity contribution in [1.82, 2.24) is 4.48 Å². The van der Waals surface area contributed by atoms with Crippen molar-refractivity contribution in [3.63, 3.8) is 0 Å². The highest BCUT2D eigenvalue weighted by Crippen LogP contribution is 2.41. The molecule has 0 fully saturated rings. The number of nitrogens with zero attached hydrogens (tertiary/aromatic N) is 2. The number of aliphatic carboxylic acids is 3. The number of hydrogen-bond donors (Lipinski definition) is 3. The van der Waals surface area contributed by atoms with Gasteiger partial charge in [0.15, 0.2) is 5.60 Å². The Morgan fingerprint density at radius 3 is 2.47 bits per heavy atom. The van der Waals surface area contributed by atoms with Crippen LogP contribution in [-0.4, -0.2) is 63.8 Å². The number of aliphatic hydroxyl groups is 1. The molecule has 0 bridgehead atoms. The number of carboxylic acids is 3. The van der Waals surface area contributed by atoms with Gasteiger partial charge in [0.2, 0.25) is 11.9 Å². The van der Waals surface area contributed by atoms with Crippen molar-refractivity contribution in [2.75, 3.05) is 13.1 Å². The fourth-order valence-corrected chi connectivity index (χ4v) is 4.26. The molecule has 0 saturated heterocycles. The monoisotopic (exact) mass is 412 g/mol. The van der Waals surface area contributed by atoms with E-state index in [9.17, 15) is 34.8 Å². The molecule has 3 atom stereocenters. The highest BCUT2D eigenvalue weighted by atomic mass is 16.4. The summed E-state index contributed by atoms with van der Waals surface area (Å²) in [6, 6.07) is 9.99. The van der Waals surface area contributed by atoms with Crippen molar-refractivity contribution >= 4 is 40.2 Å². The zero-order valence-corrected chi connectivity index (χ0v) is 15.9. The molecular formula is C21H20N2O7. The van der Waals surface area contributed by atoms with Gasteiger partial charge in [0, 0.05) is 17.5 Å². The Bertz CT molecular complexity index is 1070. The maximum Gasteiger partial charge on any atom is 0.367 e. The van der Waals surface area contributed by atoms with Crippen LogP contribution in [0.25, 0.3) is 10.8 Å². The molecule has 30 heavy (non-hydrogen) atoms. The van der Waals surface area contributed by atoms with Gasteiger partial charge >= 0.3 is 11.9 Å². The lowest BCUT2D eigenvalue weighted by atomic mass is 9.86. The van der Waals surface area contributed by atoms with E-state index in [1.807, 2.05) is 0 Å². The van der Waals surface area contributed by atoms with Crippen molar-refractivity contribution in [1.29, 1.82) is 0 Å². The van der Waals surface area contributed by atoms with Gasteiger partial charge in [-0.1, -0.05) is 36.9 Å².